The standard InChI is InChI=1S/C11H10FN3O2/c1-17-11(16)9-3-2-8(6-10(9)12)7-15-5-4-13-14-15/h2-6H,7H2,1H3. The number of aromatic nitrogens is 3. The van der Waals surface area contributed by atoms with Crippen molar-refractivity contribution in [3.05, 3.63) is 47.5 Å². The molecule has 88 valence electrons. The van der Waals surface area contributed by atoms with Gasteiger partial charge in [0.2, 0.25) is 0 Å². The minimum atomic E-state index is -0.685. The number of carbonyl (C=O) groups is 1. The Balaban J connectivity index is 2.22. The predicted molar refractivity (Wildman–Crippen MR) is 56.9 cm³/mol. The maximum Gasteiger partial charge on any atom is 0.340 e. The average molecular weight is 235 g/mol. The number of ether oxygens (including phenoxy) is 1. The third-order valence-corrected chi connectivity index (χ3v) is 2.26. The van der Waals surface area contributed by atoms with E-state index in [1.54, 1.807) is 23.1 Å². The summed E-state index contributed by atoms with van der Waals surface area (Å²) in [5.41, 5.74) is 0.621. The van der Waals surface area contributed by atoms with Crippen molar-refractivity contribution in [3.63, 3.8) is 0 Å². The summed E-state index contributed by atoms with van der Waals surface area (Å²) in [5.74, 6) is -1.29. The molecule has 0 spiro atoms. The van der Waals surface area contributed by atoms with Crippen LogP contribution < -0.4 is 0 Å². The van der Waals surface area contributed by atoms with Gasteiger partial charge < -0.3 is 4.74 Å². The van der Waals surface area contributed by atoms with Crippen molar-refractivity contribution < 1.29 is 13.9 Å². The van der Waals surface area contributed by atoms with E-state index >= 15 is 0 Å². The fourth-order valence-corrected chi connectivity index (χ4v) is 1.44. The molecule has 5 nitrogen and oxygen atoms in total. The summed E-state index contributed by atoms with van der Waals surface area (Å²) in [5, 5.41) is 7.41. The van der Waals surface area contributed by atoms with E-state index in [9.17, 15) is 9.18 Å². The third-order valence-electron chi connectivity index (χ3n) is 2.26. The summed E-state index contributed by atoms with van der Waals surface area (Å²) in [6.07, 6.45) is 3.21. The van der Waals surface area contributed by atoms with E-state index in [4.69, 9.17) is 0 Å². The van der Waals surface area contributed by atoms with Gasteiger partial charge in [0.15, 0.2) is 0 Å². The molecular formula is C11H10FN3O2. The highest BCUT2D eigenvalue weighted by molar-refractivity contribution is 5.89. The maximum atomic E-state index is 13.6. The highest BCUT2D eigenvalue weighted by Crippen LogP contribution is 2.12. The van der Waals surface area contributed by atoms with E-state index in [1.165, 1.54) is 19.2 Å². The molecule has 17 heavy (non-hydrogen) atoms. The van der Waals surface area contributed by atoms with Crippen molar-refractivity contribution in [1.82, 2.24) is 15.0 Å². The molecule has 0 N–H and O–H groups in total. The fourth-order valence-electron chi connectivity index (χ4n) is 1.44. The number of hydrogen-bond donors (Lipinski definition) is 0. The second-order valence-corrected chi connectivity index (χ2v) is 3.41. The molecule has 1 aromatic carbocycles. The van der Waals surface area contributed by atoms with Crippen LogP contribution in [0.25, 0.3) is 0 Å². The minimum Gasteiger partial charge on any atom is -0.465 e. The molecule has 0 saturated carbocycles. The summed E-state index contributed by atoms with van der Waals surface area (Å²) in [4.78, 5) is 11.2. The molecule has 0 radical (unpaired) electrons. The quantitative estimate of drug-likeness (QED) is 0.751. The van der Waals surface area contributed by atoms with Gasteiger partial charge in [-0.05, 0) is 17.7 Å². The van der Waals surface area contributed by atoms with Gasteiger partial charge in [-0.15, -0.1) is 5.10 Å². The lowest BCUT2D eigenvalue weighted by Crippen LogP contribution is -2.06. The van der Waals surface area contributed by atoms with Gasteiger partial charge in [0, 0.05) is 6.20 Å². The Hall–Kier alpha value is -2.24. The molecule has 0 amide bonds. The zero-order chi connectivity index (χ0) is 12.3. The van der Waals surface area contributed by atoms with E-state index in [1.807, 2.05) is 0 Å². The highest BCUT2D eigenvalue weighted by Gasteiger charge is 2.12. The molecule has 0 atom stereocenters. The predicted octanol–water partition coefficient (Wildman–Crippen LogP) is 1.25. The lowest BCUT2D eigenvalue weighted by atomic mass is 10.1. The van der Waals surface area contributed by atoms with E-state index in [-0.39, 0.29) is 5.56 Å². The zero-order valence-electron chi connectivity index (χ0n) is 9.13. The second kappa shape index (κ2) is 4.73. The van der Waals surface area contributed by atoms with Crippen LogP contribution in [-0.4, -0.2) is 28.1 Å². The first-order valence-electron chi connectivity index (χ1n) is 4.91. The number of benzene rings is 1. The van der Waals surface area contributed by atoms with Crippen LogP contribution in [0.2, 0.25) is 0 Å². The van der Waals surface area contributed by atoms with Gasteiger partial charge >= 0.3 is 5.97 Å². The molecule has 1 aromatic heterocycles. The lowest BCUT2D eigenvalue weighted by molar-refractivity contribution is 0.0595. The maximum absolute atomic E-state index is 13.6. The SMILES string of the molecule is COC(=O)c1ccc(Cn2ccnn2)cc1F. The molecule has 0 aliphatic rings. The number of carbonyl (C=O) groups excluding carboxylic acids is 1. The summed E-state index contributed by atoms with van der Waals surface area (Å²) in [6.45, 7) is 0.401. The molecule has 1 heterocycles. The summed E-state index contributed by atoms with van der Waals surface area (Å²) < 4.78 is 19.6. The number of halogens is 1. The molecule has 0 saturated heterocycles. The van der Waals surface area contributed by atoms with Crippen molar-refractivity contribution in [2.75, 3.05) is 7.11 Å². The van der Waals surface area contributed by atoms with Crippen LogP contribution >= 0.6 is 0 Å². The fraction of sp³-hybridized carbons (Fsp3) is 0.182. The molecule has 0 bridgehead atoms. The number of rotatable bonds is 3. The summed E-state index contributed by atoms with van der Waals surface area (Å²) in [7, 11) is 1.21. The number of nitrogens with zero attached hydrogens (tertiary/aromatic N) is 3. The van der Waals surface area contributed by atoms with Crippen molar-refractivity contribution in [2.45, 2.75) is 6.54 Å². The molecule has 0 aliphatic heterocycles. The number of esters is 1. The Kier molecular flexibility index (Phi) is 3.13. The smallest absolute Gasteiger partial charge is 0.340 e. The normalized spacial score (nSPS) is 10.2. The van der Waals surface area contributed by atoms with E-state index in [2.05, 4.69) is 15.0 Å². The Morgan fingerprint density at radius 1 is 1.53 bits per heavy atom. The molecule has 2 rings (SSSR count). The van der Waals surface area contributed by atoms with Gasteiger partial charge in [0.05, 0.1) is 25.4 Å². The Labute approximate surface area is 96.8 Å². The van der Waals surface area contributed by atoms with Gasteiger partial charge in [0.1, 0.15) is 5.82 Å². The van der Waals surface area contributed by atoms with Gasteiger partial charge in [-0.2, -0.15) is 0 Å². The van der Waals surface area contributed by atoms with Gasteiger partial charge in [-0.3, -0.25) is 0 Å². The van der Waals surface area contributed by atoms with E-state index in [0.717, 1.165) is 0 Å². The van der Waals surface area contributed by atoms with Crippen molar-refractivity contribution in [1.29, 1.82) is 0 Å². The van der Waals surface area contributed by atoms with Crippen LogP contribution in [0.1, 0.15) is 15.9 Å². The molecule has 0 aliphatic carbocycles. The van der Waals surface area contributed by atoms with Gasteiger partial charge in [0.25, 0.3) is 0 Å². The van der Waals surface area contributed by atoms with Crippen molar-refractivity contribution in [2.24, 2.45) is 0 Å². The highest BCUT2D eigenvalue weighted by atomic mass is 19.1. The summed E-state index contributed by atoms with van der Waals surface area (Å²) in [6, 6.07) is 4.33. The van der Waals surface area contributed by atoms with Crippen LogP contribution in [-0.2, 0) is 11.3 Å². The molecular weight excluding hydrogens is 225 g/mol. The monoisotopic (exact) mass is 235 g/mol. The average Bonchev–Trinajstić information content (AvgIpc) is 2.81. The Morgan fingerprint density at radius 3 is 2.94 bits per heavy atom. The largest absolute Gasteiger partial charge is 0.465 e. The van der Waals surface area contributed by atoms with Crippen LogP contribution in [0.3, 0.4) is 0 Å². The number of hydrogen-bond acceptors (Lipinski definition) is 4. The molecule has 6 heteroatoms. The van der Waals surface area contributed by atoms with Crippen molar-refractivity contribution in [3.8, 4) is 0 Å². The van der Waals surface area contributed by atoms with Crippen molar-refractivity contribution >= 4 is 5.97 Å². The molecule has 0 unspecified atom stereocenters. The van der Waals surface area contributed by atoms with Crippen LogP contribution in [0, 0.1) is 5.82 Å². The van der Waals surface area contributed by atoms with Gasteiger partial charge in [-0.25, -0.2) is 13.9 Å². The first-order valence-corrected chi connectivity index (χ1v) is 4.91. The Bertz CT molecular complexity index is 526. The molecule has 2 aromatic rings. The zero-order valence-corrected chi connectivity index (χ0v) is 9.13. The van der Waals surface area contributed by atoms with E-state index in [0.29, 0.717) is 12.1 Å². The number of methoxy groups -OCH3 is 1. The summed E-state index contributed by atoms with van der Waals surface area (Å²) >= 11 is 0. The minimum absolute atomic E-state index is 0.0742. The van der Waals surface area contributed by atoms with Crippen LogP contribution in [0.15, 0.2) is 30.6 Å². The Morgan fingerprint density at radius 2 is 2.35 bits per heavy atom. The van der Waals surface area contributed by atoms with Crippen LogP contribution in [0.4, 0.5) is 4.39 Å². The first kappa shape index (κ1) is 11.3. The third kappa shape index (κ3) is 2.47. The second-order valence-electron chi connectivity index (χ2n) is 3.41. The first-order chi connectivity index (χ1) is 8.20. The van der Waals surface area contributed by atoms with Gasteiger partial charge in [-0.1, -0.05) is 11.3 Å². The van der Waals surface area contributed by atoms with E-state index < -0.39 is 11.8 Å². The lowest BCUT2D eigenvalue weighted by Gasteiger charge is -2.04. The molecule has 0 fully saturated rings. The topological polar surface area (TPSA) is 57.0 Å². The van der Waals surface area contributed by atoms with Crippen LogP contribution in [0.5, 0.6) is 0 Å².